The molecule has 0 aromatic heterocycles. The third-order valence-electron chi connectivity index (χ3n) is 8.57. The molecule has 1 amide bonds. The lowest BCUT2D eigenvalue weighted by Crippen LogP contribution is -2.36. The first-order valence-electron chi connectivity index (χ1n) is 14.1. The van der Waals surface area contributed by atoms with Crippen LogP contribution in [0.25, 0.3) is 0 Å². The Hall–Kier alpha value is -2.82. The van der Waals surface area contributed by atoms with E-state index < -0.39 is 53.7 Å². The summed E-state index contributed by atoms with van der Waals surface area (Å²) in [5.74, 6) is -0.559. The van der Waals surface area contributed by atoms with Crippen molar-refractivity contribution in [2.45, 2.75) is 84.5 Å². The second-order valence-electron chi connectivity index (χ2n) is 11.9. The number of amides is 1. The Morgan fingerprint density at radius 3 is 2.14 bits per heavy atom. The van der Waals surface area contributed by atoms with Crippen molar-refractivity contribution < 1.29 is 45.0 Å². The van der Waals surface area contributed by atoms with E-state index in [1.54, 1.807) is 13.8 Å². The number of methoxy groups -OCH3 is 1. The van der Waals surface area contributed by atoms with Crippen LogP contribution in [0, 0.1) is 17.8 Å². The van der Waals surface area contributed by atoms with Crippen molar-refractivity contribution in [1.82, 2.24) is 4.90 Å². The first-order chi connectivity index (χ1) is 19.4. The minimum Gasteiger partial charge on any atom is -0.439 e. The van der Waals surface area contributed by atoms with Crippen LogP contribution in [-0.4, -0.2) is 36.8 Å². The number of cyclic esters (lactones) is 1. The molecule has 42 heavy (non-hydrogen) atoms. The van der Waals surface area contributed by atoms with Gasteiger partial charge in [-0.3, -0.25) is 4.90 Å². The molecule has 1 saturated heterocycles. The first-order valence-corrected chi connectivity index (χ1v) is 14.1. The third-order valence-corrected chi connectivity index (χ3v) is 8.57. The largest absolute Gasteiger partial charge is 0.439 e. The zero-order valence-electron chi connectivity index (χ0n) is 24.4. The zero-order chi connectivity index (χ0) is 31.3. The van der Waals surface area contributed by atoms with Gasteiger partial charge in [0, 0.05) is 19.6 Å². The number of carbonyl (C=O) groups is 1. The van der Waals surface area contributed by atoms with E-state index in [1.807, 2.05) is 19.9 Å². The van der Waals surface area contributed by atoms with E-state index in [1.165, 1.54) is 12.0 Å². The van der Waals surface area contributed by atoms with Crippen molar-refractivity contribution in [2.75, 3.05) is 13.7 Å². The van der Waals surface area contributed by atoms with Crippen LogP contribution in [0.5, 0.6) is 0 Å². The Morgan fingerprint density at radius 1 is 1.02 bits per heavy atom. The fraction of sp³-hybridized carbons (Fsp3) is 0.581. The number of hydrogen-bond donors (Lipinski definition) is 0. The molecular formula is C31H36F7NO3. The fourth-order valence-electron chi connectivity index (χ4n) is 6.25. The Morgan fingerprint density at radius 2 is 1.62 bits per heavy atom. The topological polar surface area (TPSA) is 38.8 Å². The quantitative estimate of drug-likeness (QED) is 0.305. The molecule has 3 aliphatic rings. The number of ether oxygens (including phenoxy) is 2. The average Bonchev–Trinajstić information content (AvgIpc) is 3.17. The fourth-order valence-corrected chi connectivity index (χ4v) is 6.25. The van der Waals surface area contributed by atoms with E-state index in [2.05, 4.69) is 6.92 Å². The Labute approximate surface area is 241 Å². The van der Waals surface area contributed by atoms with E-state index in [-0.39, 0.29) is 35.8 Å². The summed E-state index contributed by atoms with van der Waals surface area (Å²) in [5.41, 5.74) is -0.0620. The molecule has 1 aromatic carbocycles. The van der Waals surface area contributed by atoms with E-state index in [4.69, 9.17) is 9.47 Å². The molecule has 0 radical (unpaired) electrons. The molecule has 5 unspecified atom stereocenters. The van der Waals surface area contributed by atoms with Gasteiger partial charge in [-0.15, -0.1) is 0 Å². The average molecular weight is 604 g/mol. The van der Waals surface area contributed by atoms with E-state index in [0.717, 1.165) is 23.1 Å². The predicted octanol–water partition coefficient (Wildman–Crippen LogP) is 9.19. The normalized spacial score (nSPS) is 27.7. The van der Waals surface area contributed by atoms with Gasteiger partial charge in [0.1, 0.15) is 11.9 Å². The number of nitrogens with zero attached hydrogens (tertiary/aromatic N) is 1. The smallest absolute Gasteiger partial charge is 0.416 e. The number of hydrogen-bond acceptors (Lipinski definition) is 3. The summed E-state index contributed by atoms with van der Waals surface area (Å²) in [5, 5.41) is 0. The van der Waals surface area contributed by atoms with Gasteiger partial charge in [0.05, 0.1) is 23.3 Å². The number of alkyl halides is 6. The molecule has 5 atom stereocenters. The van der Waals surface area contributed by atoms with Crippen LogP contribution in [-0.2, 0) is 21.8 Å². The highest BCUT2D eigenvalue weighted by Gasteiger charge is 2.44. The van der Waals surface area contributed by atoms with Crippen molar-refractivity contribution >= 4 is 6.09 Å². The molecule has 232 valence electrons. The third kappa shape index (κ3) is 6.26. The monoisotopic (exact) mass is 603 g/mol. The maximum Gasteiger partial charge on any atom is 0.416 e. The second-order valence-corrected chi connectivity index (χ2v) is 11.9. The summed E-state index contributed by atoms with van der Waals surface area (Å²) in [6.45, 7) is 9.26. The molecule has 0 N–H and O–H groups in total. The molecule has 1 fully saturated rings. The van der Waals surface area contributed by atoms with Crippen molar-refractivity contribution in [2.24, 2.45) is 17.8 Å². The van der Waals surface area contributed by atoms with Gasteiger partial charge in [-0.2, -0.15) is 26.3 Å². The highest BCUT2D eigenvalue weighted by Crippen LogP contribution is 2.45. The lowest BCUT2D eigenvalue weighted by atomic mass is 9.74. The van der Waals surface area contributed by atoms with Crippen molar-refractivity contribution in [3.8, 4) is 0 Å². The van der Waals surface area contributed by atoms with E-state index in [9.17, 15) is 31.1 Å². The van der Waals surface area contributed by atoms with Gasteiger partial charge in [-0.05, 0) is 84.1 Å². The highest BCUT2D eigenvalue weighted by atomic mass is 19.4. The van der Waals surface area contributed by atoms with Crippen LogP contribution in [0.4, 0.5) is 35.5 Å². The highest BCUT2D eigenvalue weighted by molar-refractivity contribution is 5.71. The van der Waals surface area contributed by atoms with Gasteiger partial charge in [-0.25, -0.2) is 9.18 Å². The molecule has 0 bridgehead atoms. The number of carbonyl (C=O) groups excluding carboxylic acids is 1. The summed E-state index contributed by atoms with van der Waals surface area (Å²) in [6.07, 6.45) is -8.80. The summed E-state index contributed by atoms with van der Waals surface area (Å²) in [7, 11) is 1.52. The van der Waals surface area contributed by atoms with Crippen molar-refractivity contribution in [3.05, 3.63) is 69.1 Å². The summed E-state index contributed by atoms with van der Waals surface area (Å²) in [4.78, 5) is 14.4. The second kappa shape index (κ2) is 11.7. The Balaban J connectivity index is 1.73. The van der Waals surface area contributed by atoms with E-state index in [0.29, 0.717) is 30.5 Å². The van der Waals surface area contributed by atoms with Gasteiger partial charge < -0.3 is 9.47 Å². The van der Waals surface area contributed by atoms with Crippen LogP contribution in [0.2, 0.25) is 0 Å². The Bertz CT molecular complexity index is 1280. The summed E-state index contributed by atoms with van der Waals surface area (Å²) >= 11 is 0. The van der Waals surface area contributed by atoms with Gasteiger partial charge in [0.25, 0.3) is 0 Å². The Kier molecular flexibility index (Phi) is 8.94. The van der Waals surface area contributed by atoms with E-state index >= 15 is 4.39 Å². The lowest BCUT2D eigenvalue weighted by Gasteiger charge is -2.36. The number of benzene rings is 1. The molecule has 4 rings (SSSR count). The maximum absolute atomic E-state index is 15.2. The minimum absolute atomic E-state index is 0.0526. The van der Waals surface area contributed by atoms with Crippen LogP contribution in [0.3, 0.4) is 0 Å². The van der Waals surface area contributed by atoms with Gasteiger partial charge in [0.2, 0.25) is 0 Å². The molecule has 1 heterocycles. The van der Waals surface area contributed by atoms with Crippen molar-refractivity contribution in [3.63, 3.8) is 0 Å². The molecule has 4 nitrogen and oxygen atoms in total. The van der Waals surface area contributed by atoms with Crippen LogP contribution in [0.15, 0.2) is 52.4 Å². The zero-order valence-corrected chi connectivity index (χ0v) is 24.4. The predicted molar refractivity (Wildman–Crippen MR) is 143 cm³/mol. The van der Waals surface area contributed by atoms with Gasteiger partial charge in [-0.1, -0.05) is 33.8 Å². The molecule has 11 heteroatoms. The molecular weight excluding hydrogens is 567 g/mol. The van der Waals surface area contributed by atoms with Crippen LogP contribution in [0.1, 0.15) is 76.7 Å². The number of rotatable bonds is 6. The minimum atomic E-state index is -5.02. The van der Waals surface area contributed by atoms with Crippen LogP contribution < -0.4 is 0 Å². The van der Waals surface area contributed by atoms with Gasteiger partial charge in [0.15, 0.2) is 0 Å². The molecule has 1 aromatic rings. The van der Waals surface area contributed by atoms with Gasteiger partial charge >= 0.3 is 18.4 Å². The lowest BCUT2D eigenvalue weighted by molar-refractivity contribution is -0.143. The number of halogens is 7. The molecule has 0 spiro atoms. The molecule has 1 aliphatic heterocycles. The SMILES string of the molecule is COC1C(C2=C(CN3C(=O)OC(c4cc(C(F)(F)F)cc(C(F)(F)F)c4)C3C)CC(C)CC2)=CC(C(C)C)=C(F)C1C. The summed E-state index contributed by atoms with van der Waals surface area (Å²) < 4.78 is 107. The summed E-state index contributed by atoms with van der Waals surface area (Å²) in [6, 6.07) is 0.407. The number of allylic oxidation sites excluding steroid dienone is 2. The first kappa shape index (κ1) is 32.1. The molecule has 0 saturated carbocycles. The standard InChI is InChI=1S/C31H36F7NO3/c1-15(2)24-13-25(27(41-6)17(4)26(24)32)23-8-7-16(3)9-20(23)14-39-18(5)28(42-29(39)40)19-10-21(30(33,34)35)12-22(11-19)31(36,37)38/h10-13,15-18,27-28H,7-9,14H2,1-6H3. The molecule has 2 aliphatic carbocycles. The van der Waals surface area contributed by atoms with Crippen LogP contribution >= 0.6 is 0 Å². The maximum atomic E-state index is 15.2. The van der Waals surface area contributed by atoms with Crippen molar-refractivity contribution in [1.29, 1.82) is 0 Å².